The summed E-state index contributed by atoms with van der Waals surface area (Å²) < 4.78 is 1.98. The van der Waals surface area contributed by atoms with Crippen molar-refractivity contribution in [2.45, 2.75) is 25.3 Å². The molecule has 2 aromatic rings. The van der Waals surface area contributed by atoms with Crippen molar-refractivity contribution in [1.82, 2.24) is 5.01 Å². The van der Waals surface area contributed by atoms with E-state index < -0.39 is 11.9 Å². The summed E-state index contributed by atoms with van der Waals surface area (Å²) in [5.74, 6) is -1.52. The van der Waals surface area contributed by atoms with Gasteiger partial charge in [0.15, 0.2) is 0 Å². The van der Waals surface area contributed by atoms with Crippen molar-refractivity contribution in [2.75, 3.05) is 0 Å². The second kappa shape index (κ2) is 9.32. The Morgan fingerprint density at radius 1 is 1.00 bits per heavy atom. The van der Waals surface area contributed by atoms with Crippen LogP contribution in [-0.2, 0) is 9.59 Å². The smallest absolute Gasteiger partial charge is 0.328 e. The van der Waals surface area contributed by atoms with Crippen molar-refractivity contribution >= 4 is 55.5 Å². The summed E-state index contributed by atoms with van der Waals surface area (Å²) in [5, 5.41) is 15.1. The highest BCUT2D eigenvalue weighted by Crippen LogP contribution is 2.44. The summed E-state index contributed by atoms with van der Waals surface area (Å²) in [7, 11) is 0. The first-order valence-electron chi connectivity index (χ1n) is 9.97. The van der Waals surface area contributed by atoms with Crippen LogP contribution in [0.4, 0.5) is 0 Å². The van der Waals surface area contributed by atoms with E-state index in [-0.39, 0.29) is 12.0 Å². The minimum Gasteiger partial charge on any atom is -0.478 e. The molecule has 1 aliphatic carbocycles. The van der Waals surface area contributed by atoms with Crippen LogP contribution in [0.15, 0.2) is 80.3 Å². The third kappa shape index (κ3) is 4.88. The lowest BCUT2D eigenvalue weighted by Gasteiger charge is -2.29. The van der Waals surface area contributed by atoms with Crippen LogP contribution >= 0.6 is 31.9 Å². The monoisotopic (exact) mass is 542 g/mol. The van der Waals surface area contributed by atoms with Gasteiger partial charge in [0.25, 0.3) is 5.91 Å². The van der Waals surface area contributed by atoms with Gasteiger partial charge in [-0.05, 0) is 66.3 Å². The average molecular weight is 544 g/mol. The molecule has 1 fully saturated rings. The number of nitrogens with zero attached hydrogens (tertiary/aromatic N) is 2. The molecule has 5 nitrogen and oxygen atoms in total. The third-order valence-corrected chi connectivity index (χ3v) is 6.58. The summed E-state index contributed by atoms with van der Waals surface area (Å²) in [6, 6.07) is 15.7. The lowest BCUT2D eigenvalue weighted by atomic mass is 9.77. The maximum absolute atomic E-state index is 12.9. The van der Waals surface area contributed by atoms with Gasteiger partial charge in [0.1, 0.15) is 0 Å². The summed E-state index contributed by atoms with van der Waals surface area (Å²) in [5.41, 5.74) is 4.10. The van der Waals surface area contributed by atoms with Crippen LogP contribution in [0, 0.1) is 5.92 Å². The van der Waals surface area contributed by atoms with Crippen LogP contribution < -0.4 is 0 Å². The quantitative estimate of drug-likeness (QED) is 0.482. The summed E-state index contributed by atoms with van der Waals surface area (Å²) in [6.07, 6.45) is 6.90. The van der Waals surface area contributed by atoms with Gasteiger partial charge in [-0.3, -0.25) is 4.79 Å². The molecule has 2 atom stereocenters. The molecule has 7 heteroatoms. The SMILES string of the molecule is O=C(O)/C=C\C(=O)N1N=C2/C(=C/c3ccc(Br)cc3)CCC[C@@H]2[C@H]1c1ccc(Br)cc1. The fourth-order valence-electron chi connectivity index (χ4n) is 4.15. The highest BCUT2D eigenvalue weighted by Gasteiger charge is 2.43. The van der Waals surface area contributed by atoms with Crippen LogP contribution in [0.3, 0.4) is 0 Å². The Labute approximate surface area is 197 Å². The van der Waals surface area contributed by atoms with E-state index in [0.717, 1.165) is 62.8 Å². The molecular formula is C24H20Br2N2O3. The molecule has 31 heavy (non-hydrogen) atoms. The van der Waals surface area contributed by atoms with Crippen LogP contribution in [0.2, 0.25) is 0 Å². The Morgan fingerprint density at radius 3 is 2.29 bits per heavy atom. The molecule has 0 saturated heterocycles. The van der Waals surface area contributed by atoms with Crippen molar-refractivity contribution in [3.05, 3.63) is 86.3 Å². The molecule has 158 valence electrons. The van der Waals surface area contributed by atoms with Crippen LogP contribution in [0.1, 0.15) is 36.4 Å². The predicted octanol–water partition coefficient (Wildman–Crippen LogP) is 5.98. The van der Waals surface area contributed by atoms with E-state index in [0.29, 0.717) is 0 Å². The molecule has 2 aliphatic rings. The number of allylic oxidation sites excluding steroid dienone is 1. The number of hydrogen-bond donors (Lipinski definition) is 1. The predicted molar refractivity (Wildman–Crippen MR) is 127 cm³/mol. The molecule has 0 spiro atoms. The molecule has 1 saturated carbocycles. The van der Waals surface area contributed by atoms with Gasteiger partial charge in [0, 0.05) is 27.0 Å². The number of carbonyl (C=O) groups excluding carboxylic acids is 1. The van der Waals surface area contributed by atoms with Gasteiger partial charge in [-0.1, -0.05) is 56.1 Å². The van der Waals surface area contributed by atoms with Crippen molar-refractivity contribution in [3.63, 3.8) is 0 Å². The van der Waals surface area contributed by atoms with E-state index in [1.165, 1.54) is 5.01 Å². The second-order valence-electron chi connectivity index (χ2n) is 7.56. The molecular weight excluding hydrogens is 524 g/mol. The van der Waals surface area contributed by atoms with E-state index in [1.807, 2.05) is 48.5 Å². The molecule has 1 N–H and O–H groups in total. The van der Waals surface area contributed by atoms with E-state index >= 15 is 0 Å². The number of hydrogen-bond acceptors (Lipinski definition) is 3. The minimum atomic E-state index is -1.16. The standard InChI is InChI=1S/C24H20Br2N2O3/c25-18-8-4-15(5-9-18)14-17-2-1-3-20-23(17)27-28(21(29)12-13-22(30)31)24(20)16-6-10-19(26)11-7-16/h4-14,20,24H,1-3H2,(H,30,31)/b13-12-,17-14+/t20-,24+/m0/s1. The number of benzene rings is 2. The Kier molecular flexibility index (Phi) is 6.53. The number of aliphatic carboxylic acids is 1. The zero-order chi connectivity index (χ0) is 22.0. The molecule has 4 rings (SSSR count). The van der Waals surface area contributed by atoms with E-state index in [4.69, 9.17) is 10.2 Å². The first kappa shape index (κ1) is 21.7. The third-order valence-electron chi connectivity index (χ3n) is 5.52. The van der Waals surface area contributed by atoms with Crippen molar-refractivity contribution in [1.29, 1.82) is 0 Å². The maximum atomic E-state index is 12.9. The maximum Gasteiger partial charge on any atom is 0.328 e. The van der Waals surface area contributed by atoms with Gasteiger partial charge in [0.2, 0.25) is 0 Å². The first-order valence-corrected chi connectivity index (χ1v) is 11.6. The molecule has 1 amide bonds. The van der Waals surface area contributed by atoms with Gasteiger partial charge in [-0.2, -0.15) is 5.10 Å². The highest BCUT2D eigenvalue weighted by molar-refractivity contribution is 9.10. The number of carboxylic acid groups (broad SMARTS) is 1. The molecule has 0 radical (unpaired) electrons. The van der Waals surface area contributed by atoms with Crippen LogP contribution in [0.25, 0.3) is 6.08 Å². The Morgan fingerprint density at radius 2 is 1.65 bits per heavy atom. The van der Waals surface area contributed by atoms with Gasteiger partial charge in [-0.15, -0.1) is 0 Å². The zero-order valence-electron chi connectivity index (χ0n) is 16.5. The van der Waals surface area contributed by atoms with E-state index in [9.17, 15) is 9.59 Å². The summed E-state index contributed by atoms with van der Waals surface area (Å²) >= 11 is 6.92. The Hall–Kier alpha value is -2.51. The Bertz CT molecular complexity index is 1090. The molecule has 2 aromatic carbocycles. The largest absolute Gasteiger partial charge is 0.478 e. The summed E-state index contributed by atoms with van der Waals surface area (Å²) in [6.45, 7) is 0. The normalized spacial score (nSPS) is 21.9. The number of halogens is 2. The number of amides is 1. The van der Waals surface area contributed by atoms with Crippen molar-refractivity contribution in [3.8, 4) is 0 Å². The van der Waals surface area contributed by atoms with Gasteiger partial charge in [-0.25, -0.2) is 9.80 Å². The number of fused-ring (bicyclic) bond motifs is 1. The minimum absolute atomic E-state index is 0.0683. The lowest BCUT2D eigenvalue weighted by molar-refractivity contribution is -0.132. The van der Waals surface area contributed by atoms with Gasteiger partial charge < -0.3 is 5.11 Å². The first-order chi connectivity index (χ1) is 14.9. The highest BCUT2D eigenvalue weighted by atomic mass is 79.9. The fraction of sp³-hybridized carbons (Fsp3) is 0.208. The lowest BCUT2D eigenvalue weighted by Crippen LogP contribution is -2.31. The number of carbonyl (C=O) groups is 2. The Balaban J connectivity index is 1.74. The fourth-order valence-corrected chi connectivity index (χ4v) is 4.68. The van der Waals surface area contributed by atoms with Crippen molar-refractivity contribution < 1.29 is 14.7 Å². The van der Waals surface area contributed by atoms with Crippen LogP contribution in [-0.4, -0.2) is 27.7 Å². The number of carboxylic acids is 1. The topological polar surface area (TPSA) is 70.0 Å². The average Bonchev–Trinajstić information content (AvgIpc) is 3.15. The second-order valence-corrected chi connectivity index (χ2v) is 9.39. The molecule has 1 aliphatic heterocycles. The van der Waals surface area contributed by atoms with Crippen LogP contribution in [0.5, 0.6) is 0 Å². The number of rotatable bonds is 4. The number of hydrazone groups is 1. The summed E-state index contributed by atoms with van der Waals surface area (Å²) in [4.78, 5) is 23.8. The zero-order valence-corrected chi connectivity index (χ0v) is 19.7. The molecule has 0 aromatic heterocycles. The van der Waals surface area contributed by atoms with Gasteiger partial charge >= 0.3 is 5.97 Å². The van der Waals surface area contributed by atoms with Gasteiger partial charge in [0.05, 0.1) is 11.8 Å². The molecule has 0 unspecified atom stereocenters. The van der Waals surface area contributed by atoms with E-state index in [2.05, 4.69) is 37.9 Å². The molecule has 0 bridgehead atoms. The van der Waals surface area contributed by atoms with Crippen molar-refractivity contribution in [2.24, 2.45) is 11.0 Å². The van der Waals surface area contributed by atoms with E-state index in [1.54, 1.807) is 0 Å². The molecule has 1 heterocycles.